The van der Waals surface area contributed by atoms with Gasteiger partial charge in [-0.1, -0.05) is 132 Å². The third kappa shape index (κ3) is 24.9. The van der Waals surface area contributed by atoms with E-state index >= 15 is 0 Å². The molecule has 0 amide bonds. The highest BCUT2D eigenvalue weighted by Crippen LogP contribution is 2.53. The largest absolute Gasteiger partial charge is 0.469 e. The Hall–Kier alpha value is -2.12. The number of rotatable bonds is 41. The normalized spacial score (nSPS) is 34.4. The molecule has 8 aliphatic rings. The quantitative estimate of drug-likeness (QED) is 0.0440. The Balaban J connectivity index is 0.852. The van der Waals surface area contributed by atoms with Crippen LogP contribution in [-0.4, -0.2) is 52.3 Å². The Morgan fingerprint density at radius 1 is 0.266 bits per heavy atom. The molecule has 0 aromatic carbocycles. The van der Waals surface area contributed by atoms with Crippen molar-refractivity contribution in [3.63, 3.8) is 0 Å². The highest BCUT2D eigenvalue weighted by atomic mass is 16.5. The summed E-state index contributed by atoms with van der Waals surface area (Å²) in [5.74, 6) is 20.4. The zero-order chi connectivity index (χ0) is 67.3. The molecule has 8 rings (SSSR count). The van der Waals surface area contributed by atoms with Crippen molar-refractivity contribution in [2.75, 3.05) is 28.4 Å². The third-order valence-electron chi connectivity index (χ3n) is 29.9. The number of hydrogen-bond acceptors (Lipinski definition) is 8. The van der Waals surface area contributed by atoms with Gasteiger partial charge in [0.25, 0.3) is 0 Å². The number of ether oxygens (including phenoxy) is 4. The zero-order valence-corrected chi connectivity index (χ0v) is 63.4. The van der Waals surface area contributed by atoms with Crippen LogP contribution >= 0.6 is 0 Å². The van der Waals surface area contributed by atoms with Crippen molar-refractivity contribution in [2.45, 2.75) is 338 Å². The van der Waals surface area contributed by atoms with Crippen molar-refractivity contribution in [3.8, 4) is 0 Å². The summed E-state index contributed by atoms with van der Waals surface area (Å²) in [7, 11) is 6.19. The molecule has 8 heteroatoms. The minimum absolute atomic E-state index is 0.0154. The Kier molecular flexibility index (Phi) is 32.8. The average molecular weight is 1310 g/mol. The lowest BCUT2D eigenvalue weighted by Gasteiger charge is -2.30. The molecular weight excluding hydrogens is 1160 g/mol. The Labute approximate surface area is 579 Å². The number of carbonyl (C=O) groups is 4. The van der Waals surface area contributed by atoms with Gasteiger partial charge in [-0.25, -0.2) is 0 Å². The molecule has 8 nitrogen and oxygen atoms in total. The van der Waals surface area contributed by atoms with E-state index in [-0.39, 0.29) is 23.9 Å². The van der Waals surface area contributed by atoms with E-state index in [1.807, 2.05) is 0 Å². The first kappa shape index (κ1) is 77.6. The molecule has 0 heterocycles. The second-order valence-corrected chi connectivity index (χ2v) is 36.8. The molecule has 0 radical (unpaired) electrons. The summed E-state index contributed by atoms with van der Waals surface area (Å²) < 4.78 is 20.2. The summed E-state index contributed by atoms with van der Waals surface area (Å²) in [5, 5.41) is 0. The van der Waals surface area contributed by atoms with Crippen molar-refractivity contribution in [2.24, 2.45) is 154 Å². The van der Waals surface area contributed by atoms with E-state index in [4.69, 9.17) is 18.9 Å². The average Bonchev–Trinajstić information content (AvgIpc) is 1.76. The van der Waals surface area contributed by atoms with E-state index in [0.717, 1.165) is 130 Å². The lowest BCUT2D eigenvalue weighted by molar-refractivity contribution is -0.142. The second-order valence-electron chi connectivity index (χ2n) is 36.8. The molecule has 0 aliphatic heterocycles. The number of carbonyl (C=O) groups excluding carboxylic acids is 4. The number of hydrogen-bond donors (Lipinski definition) is 0. The van der Waals surface area contributed by atoms with Crippen LogP contribution in [0.2, 0.25) is 0 Å². The van der Waals surface area contributed by atoms with E-state index in [1.54, 1.807) is 28.4 Å². The smallest absolute Gasteiger partial charge is 0.305 e. The van der Waals surface area contributed by atoms with Gasteiger partial charge < -0.3 is 18.9 Å². The summed E-state index contributed by atoms with van der Waals surface area (Å²) in [6.07, 6.45) is 57.0. The van der Waals surface area contributed by atoms with Gasteiger partial charge in [0.05, 0.1) is 28.4 Å². The van der Waals surface area contributed by atoms with Crippen LogP contribution in [0.4, 0.5) is 0 Å². The summed E-state index contributed by atoms with van der Waals surface area (Å²) in [4.78, 5) is 48.5. The molecule has 0 aromatic rings. The monoisotopic (exact) mass is 1310 g/mol. The van der Waals surface area contributed by atoms with Crippen LogP contribution in [0.25, 0.3) is 0 Å². The van der Waals surface area contributed by atoms with Gasteiger partial charge in [-0.05, 0) is 334 Å². The summed E-state index contributed by atoms with van der Waals surface area (Å²) in [6, 6.07) is 0. The maximum absolute atomic E-state index is 12.2. The number of esters is 4. The molecule has 542 valence electrons. The summed E-state index contributed by atoms with van der Waals surface area (Å²) >= 11 is 0. The molecule has 0 spiro atoms. The molecule has 94 heavy (non-hydrogen) atoms. The lowest BCUT2D eigenvalue weighted by Crippen LogP contribution is -2.18. The van der Waals surface area contributed by atoms with Gasteiger partial charge in [0.1, 0.15) is 0 Å². The minimum Gasteiger partial charge on any atom is -0.469 e. The van der Waals surface area contributed by atoms with E-state index in [2.05, 4.69) is 55.4 Å². The van der Waals surface area contributed by atoms with Crippen LogP contribution < -0.4 is 0 Å². The van der Waals surface area contributed by atoms with E-state index < -0.39 is 0 Å². The third-order valence-corrected chi connectivity index (χ3v) is 29.9. The van der Waals surface area contributed by atoms with Gasteiger partial charge in [0.15, 0.2) is 0 Å². The van der Waals surface area contributed by atoms with Crippen molar-refractivity contribution in [1.82, 2.24) is 0 Å². The minimum atomic E-state index is -0.0161. The molecule has 8 fully saturated rings. The first-order valence-electron chi connectivity index (χ1n) is 41.5. The zero-order valence-electron chi connectivity index (χ0n) is 63.4. The fraction of sp³-hybridized carbons (Fsp3) is 0.953. The molecule has 0 bridgehead atoms. The van der Waals surface area contributed by atoms with Crippen molar-refractivity contribution in [1.29, 1.82) is 0 Å². The maximum atomic E-state index is 12.2. The van der Waals surface area contributed by atoms with Crippen LogP contribution in [0.1, 0.15) is 338 Å². The van der Waals surface area contributed by atoms with Crippen LogP contribution in [0.3, 0.4) is 0 Å². The standard InChI is InChI=1S/C86H150O8/c1-57(15-13-17-61(5)71-33-37-79(53-71)75-29-25-67(45-75)49-83(87)91-9)19-21-65(43-59(3)41-63(7)73-35-39-81(55-73)77-31-27-69(47-77)51-85(89)93-11)23-24-66(44-60(4)42-64(8)74-36-40-82(56-74)78-32-28-70(48-78)52-86(90)94-12)22-20-58(2)16-14-18-62(6)72-34-38-80(54-72)76-30-26-68(46-76)50-84(88)92-10/h57-82H,13-56H2,1-12H3/t57-,58-,59?,60?,61+,62+,63+,64+,65-,66-,67-,68-,69-,70-,71-,72-,73-,74-,75?,76?,77?,78?,79-,80-,81-,82-/m0/s1. The molecule has 8 saturated carbocycles. The van der Waals surface area contributed by atoms with E-state index in [9.17, 15) is 19.2 Å². The van der Waals surface area contributed by atoms with E-state index in [0.29, 0.717) is 49.4 Å². The second kappa shape index (κ2) is 39.8. The maximum Gasteiger partial charge on any atom is 0.305 e. The fourth-order valence-electron chi connectivity index (χ4n) is 23.8. The topological polar surface area (TPSA) is 105 Å². The first-order valence-corrected chi connectivity index (χ1v) is 41.5. The predicted molar refractivity (Wildman–Crippen MR) is 387 cm³/mol. The molecular formula is C86H150O8. The van der Waals surface area contributed by atoms with Crippen molar-refractivity contribution in [3.05, 3.63) is 0 Å². The molecule has 8 aliphatic carbocycles. The fourth-order valence-corrected chi connectivity index (χ4v) is 23.8. The SMILES string of the molecule is COC(=O)C[C@H]1CCC([C@H]2CC[C@H]([C@H](C)CCC[C@H](C)CC[C@@H](CC[C@H](CC[C@@H](C)CCC[C@@H](C)[C@H]3CC[C@H](C4CC[C@H](CC(=O)OC)C4)C3)CC(C)C[C@@H](C)[C@H]3CC[C@H](C4CC[C@H](CC(=O)OC)C4)C3)CC(C)C[C@@H](C)[C@H]3CC[C@H](C4CC[C@H](CC(=O)OC)C4)C3)C2)C1. The van der Waals surface area contributed by atoms with Crippen LogP contribution in [0, 0.1) is 154 Å². The highest BCUT2D eigenvalue weighted by molar-refractivity contribution is 5.70. The Bertz CT molecular complexity index is 2040. The Morgan fingerprint density at radius 3 is 0.787 bits per heavy atom. The van der Waals surface area contributed by atoms with Gasteiger partial charge in [-0.3, -0.25) is 19.2 Å². The predicted octanol–water partition coefficient (Wildman–Crippen LogP) is 23.1. The summed E-state index contributed by atoms with van der Waals surface area (Å²) in [6.45, 7) is 21.0. The van der Waals surface area contributed by atoms with Crippen LogP contribution in [-0.2, 0) is 38.1 Å². The van der Waals surface area contributed by atoms with Gasteiger partial charge in [-0.2, -0.15) is 0 Å². The highest BCUT2D eigenvalue weighted by Gasteiger charge is 2.42. The van der Waals surface area contributed by atoms with Crippen LogP contribution in [0.5, 0.6) is 0 Å². The Morgan fingerprint density at radius 2 is 0.511 bits per heavy atom. The van der Waals surface area contributed by atoms with Gasteiger partial charge in [0, 0.05) is 25.7 Å². The summed E-state index contributed by atoms with van der Waals surface area (Å²) in [5.41, 5.74) is 0. The van der Waals surface area contributed by atoms with Crippen molar-refractivity contribution < 1.29 is 38.1 Å². The van der Waals surface area contributed by atoms with Gasteiger partial charge in [-0.15, -0.1) is 0 Å². The molecule has 0 aromatic heterocycles. The first-order chi connectivity index (χ1) is 45.2. The van der Waals surface area contributed by atoms with Crippen LogP contribution in [0.15, 0.2) is 0 Å². The number of methoxy groups -OCH3 is 4. The molecule has 0 saturated heterocycles. The van der Waals surface area contributed by atoms with Crippen molar-refractivity contribution >= 4 is 23.9 Å². The molecule has 6 unspecified atom stereocenters. The van der Waals surface area contributed by atoms with E-state index in [1.165, 1.54) is 257 Å². The molecule has 26 atom stereocenters. The molecule has 0 N–H and O–H groups in total. The lowest BCUT2D eigenvalue weighted by atomic mass is 9.76. The van der Waals surface area contributed by atoms with Gasteiger partial charge in [0.2, 0.25) is 0 Å². The van der Waals surface area contributed by atoms with Gasteiger partial charge >= 0.3 is 23.9 Å².